The standard InChI is InChI=1S/C24H26N6O3/c1-3-7-18(14-31)27-24-29-22(16-8-5-4-6-9-16)28-23(30-24)26-17-10-11-19(20(12-17)32-2)21-13-25-15-33-21/h4-6,8-13,15,18,31H,3,7,14H2,1-2H3,(H2,26,27,28,29,30). The van der Waals surface area contributed by atoms with Crippen LogP contribution >= 0.6 is 0 Å². The lowest BCUT2D eigenvalue weighted by Gasteiger charge is -2.17. The molecule has 2 heterocycles. The molecule has 0 saturated heterocycles. The zero-order chi connectivity index (χ0) is 23.0. The number of rotatable bonds is 10. The van der Waals surface area contributed by atoms with E-state index in [9.17, 15) is 5.11 Å². The molecular weight excluding hydrogens is 420 g/mol. The van der Waals surface area contributed by atoms with Crippen LogP contribution in [0.25, 0.3) is 22.7 Å². The summed E-state index contributed by atoms with van der Waals surface area (Å²) in [5, 5.41) is 16.1. The molecule has 2 aromatic heterocycles. The second-order valence-electron chi connectivity index (χ2n) is 7.39. The van der Waals surface area contributed by atoms with Crippen molar-refractivity contribution in [2.75, 3.05) is 24.4 Å². The van der Waals surface area contributed by atoms with E-state index >= 15 is 0 Å². The summed E-state index contributed by atoms with van der Waals surface area (Å²) in [6.07, 6.45) is 4.74. The molecule has 0 fully saturated rings. The first kappa shape index (κ1) is 22.2. The average molecular weight is 447 g/mol. The van der Waals surface area contributed by atoms with E-state index < -0.39 is 0 Å². The molecule has 0 aliphatic heterocycles. The number of aliphatic hydroxyl groups excluding tert-OH is 1. The van der Waals surface area contributed by atoms with Gasteiger partial charge in [-0.25, -0.2) is 4.98 Å². The summed E-state index contributed by atoms with van der Waals surface area (Å²) in [6.45, 7) is 2.05. The molecule has 0 aliphatic rings. The van der Waals surface area contributed by atoms with E-state index in [4.69, 9.17) is 9.15 Å². The Morgan fingerprint density at radius 2 is 1.88 bits per heavy atom. The van der Waals surface area contributed by atoms with Gasteiger partial charge in [0.25, 0.3) is 0 Å². The third kappa shape index (κ3) is 5.45. The SMILES string of the molecule is CCCC(CO)Nc1nc(Nc2ccc(-c3cnco3)c(OC)c2)nc(-c2ccccc2)n1. The van der Waals surface area contributed by atoms with Gasteiger partial charge in [-0.05, 0) is 18.6 Å². The number of benzene rings is 2. The zero-order valence-electron chi connectivity index (χ0n) is 18.5. The largest absolute Gasteiger partial charge is 0.496 e. The summed E-state index contributed by atoms with van der Waals surface area (Å²) in [5.74, 6) is 2.52. The van der Waals surface area contributed by atoms with E-state index in [0.717, 1.165) is 29.7 Å². The molecule has 4 aromatic rings. The lowest BCUT2D eigenvalue weighted by Crippen LogP contribution is -2.25. The Balaban J connectivity index is 1.67. The molecule has 3 N–H and O–H groups in total. The Morgan fingerprint density at radius 3 is 2.58 bits per heavy atom. The van der Waals surface area contributed by atoms with Gasteiger partial charge in [-0.2, -0.15) is 15.0 Å². The van der Waals surface area contributed by atoms with Crippen molar-refractivity contribution in [3.8, 4) is 28.5 Å². The zero-order valence-corrected chi connectivity index (χ0v) is 18.5. The molecule has 1 unspecified atom stereocenters. The summed E-state index contributed by atoms with van der Waals surface area (Å²) >= 11 is 0. The van der Waals surface area contributed by atoms with Crippen LogP contribution in [0.4, 0.5) is 17.6 Å². The first-order valence-corrected chi connectivity index (χ1v) is 10.7. The fraction of sp³-hybridized carbons (Fsp3) is 0.250. The topological polar surface area (TPSA) is 118 Å². The highest BCUT2D eigenvalue weighted by atomic mass is 16.5. The number of hydrogen-bond acceptors (Lipinski definition) is 9. The summed E-state index contributed by atoms with van der Waals surface area (Å²) in [7, 11) is 1.60. The van der Waals surface area contributed by atoms with Gasteiger partial charge in [0.2, 0.25) is 11.9 Å². The van der Waals surface area contributed by atoms with E-state index in [1.54, 1.807) is 13.3 Å². The molecule has 170 valence electrons. The predicted molar refractivity (Wildman–Crippen MR) is 126 cm³/mol. The number of aromatic nitrogens is 4. The van der Waals surface area contributed by atoms with Crippen LogP contribution in [0, 0.1) is 0 Å². The Kier molecular flexibility index (Phi) is 7.11. The van der Waals surface area contributed by atoms with Crippen LogP contribution in [0.15, 0.2) is 65.5 Å². The molecule has 1 atom stereocenters. The van der Waals surface area contributed by atoms with Crippen LogP contribution < -0.4 is 15.4 Å². The van der Waals surface area contributed by atoms with Crippen molar-refractivity contribution in [1.29, 1.82) is 0 Å². The number of nitrogens with one attached hydrogen (secondary N) is 2. The molecule has 9 nitrogen and oxygen atoms in total. The fourth-order valence-corrected chi connectivity index (χ4v) is 3.40. The first-order chi connectivity index (χ1) is 16.2. The van der Waals surface area contributed by atoms with Crippen LogP contribution in [0.5, 0.6) is 5.75 Å². The quantitative estimate of drug-likeness (QED) is 0.323. The van der Waals surface area contributed by atoms with Crippen LogP contribution in [-0.4, -0.2) is 44.8 Å². The fourth-order valence-electron chi connectivity index (χ4n) is 3.40. The van der Waals surface area contributed by atoms with Gasteiger partial charge >= 0.3 is 0 Å². The van der Waals surface area contributed by atoms with Gasteiger partial charge in [0.15, 0.2) is 18.0 Å². The summed E-state index contributed by atoms with van der Waals surface area (Å²) < 4.78 is 10.9. The normalized spacial score (nSPS) is 11.7. The molecule has 0 saturated carbocycles. The number of hydrogen-bond donors (Lipinski definition) is 3. The minimum atomic E-state index is -0.143. The Hall–Kier alpha value is -3.98. The van der Waals surface area contributed by atoms with Gasteiger partial charge in [-0.15, -0.1) is 0 Å². The molecule has 0 aliphatic carbocycles. The summed E-state index contributed by atoms with van der Waals surface area (Å²) in [4.78, 5) is 17.7. The minimum absolute atomic E-state index is 0.0107. The van der Waals surface area contributed by atoms with Gasteiger partial charge in [-0.1, -0.05) is 43.7 Å². The van der Waals surface area contributed by atoms with Crippen LogP contribution in [0.3, 0.4) is 0 Å². The van der Waals surface area contributed by atoms with E-state index in [1.165, 1.54) is 6.39 Å². The van der Waals surface area contributed by atoms with E-state index in [-0.39, 0.29) is 12.6 Å². The lowest BCUT2D eigenvalue weighted by molar-refractivity contribution is 0.268. The van der Waals surface area contributed by atoms with E-state index in [1.807, 2.05) is 48.5 Å². The van der Waals surface area contributed by atoms with Crippen LogP contribution in [-0.2, 0) is 0 Å². The Bertz CT molecular complexity index is 1170. The van der Waals surface area contributed by atoms with Crippen LogP contribution in [0.2, 0.25) is 0 Å². The second kappa shape index (κ2) is 10.6. The van der Waals surface area contributed by atoms with Gasteiger partial charge < -0.3 is 24.9 Å². The molecule has 0 radical (unpaired) electrons. The average Bonchev–Trinajstić information content (AvgIpc) is 3.39. The van der Waals surface area contributed by atoms with Gasteiger partial charge in [0.05, 0.1) is 31.5 Å². The number of nitrogens with zero attached hydrogens (tertiary/aromatic N) is 4. The number of ether oxygens (including phenoxy) is 1. The predicted octanol–water partition coefficient (Wildman–Crippen LogP) is 4.52. The first-order valence-electron chi connectivity index (χ1n) is 10.7. The third-order valence-corrected chi connectivity index (χ3v) is 5.01. The van der Waals surface area contributed by atoms with Gasteiger partial charge in [0, 0.05) is 17.3 Å². The molecule has 33 heavy (non-hydrogen) atoms. The molecule has 0 amide bonds. The maximum absolute atomic E-state index is 9.70. The lowest BCUT2D eigenvalue weighted by atomic mass is 10.1. The maximum Gasteiger partial charge on any atom is 0.232 e. The van der Waals surface area contributed by atoms with Gasteiger partial charge in [0.1, 0.15) is 5.75 Å². The molecule has 9 heteroatoms. The van der Waals surface area contributed by atoms with Crippen LogP contribution in [0.1, 0.15) is 19.8 Å². The molecule has 0 spiro atoms. The number of anilines is 3. The van der Waals surface area contributed by atoms with Crippen molar-refractivity contribution in [3.05, 3.63) is 61.1 Å². The third-order valence-electron chi connectivity index (χ3n) is 5.01. The van der Waals surface area contributed by atoms with Crippen molar-refractivity contribution in [3.63, 3.8) is 0 Å². The second-order valence-corrected chi connectivity index (χ2v) is 7.39. The van der Waals surface area contributed by atoms with Crippen molar-refractivity contribution in [2.45, 2.75) is 25.8 Å². The van der Waals surface area contributed by atoms with Crippen molar-refractivity contribution in [2.24, 2.45) is 0 Å². The highest BCUT2D eigenvalue weighted by Crippen LogP contribution is 2.33. The van der Waals surface area contributed by atoms with Crippen molar-refractivity contribution in [1.82, 2.24) is 19.9 Å². The number of methoxy groups -OCH3 is 1. The monoisotopic (exact) mass is 446 g/mol. The van der Waals surface area contributed by atoms with E-state index in [2.05, 4.69) is 37.5 Å². The smallest absolute Gasteiger partial charge is 0.232 e. The highest BCUT2D eigenvalue weighted by molar-refractivity contribution is 5.71. The minimum Gasteiger partial charge on any atom is -0.496 e. The highest BCUT2D eigenvalue weighted by Gasteiger charge is 2.14. The molecular formula is C24H26N6O3. The van der Waals surface area contributed by atoms with E-state index in [0.29, 0.717) is 29.2 Å². The number of aliphatic hydroxyl groups is 1. The van der Waals surface area contributed by atoms with Crippen molar-refractivity contribution < 1.29 is 14.3 Å². The Labute approximate surface area is 191 Å². The maximum atomic E-state index is 9.70. The van der Waals surface area contributed by atoms with Gasteiger partial charge in [-0.3, -0.25) is 0 Å². The van der Waals surface area contributed by atoms with Crippen molar-refractivity contribution >= 4 is 17.6 Å². The number of oxazole rings is 1. The molecule has 0 bridgehead atoms. The summed E-state index contributed by atoms with van der Waals surface area (Å²) in [6, 6.07) is 15.1. The molecule has 4 rings (SSSR count). The Morgan fingerprint density at radius 1 is 1.06 bits per heavy atom. The molecule has 2 aromatic carbocycles. The summed E-state index contributed by atoms with van der Waals surface area (Å²) in [5.41, 5.74) is 2.38.